The Morgan fingerprint density at radius 3 is 2.21 bits per heavy atom. The van der Waals surface area contributed by atoms with Crippen molar-refractivity contribution < 1.29 is 23.9 Å². The Morgan fingerprint density at radius 2 is 1.64 bits per heavy atom. The summed E-state index contributed by atoms with van der Waals surface area (Å²) in [4.78, 5) is 40.8. The molecule has 0 saturated heterocycles. The summed E-state index contributed by atoms with van der Waals surface area (Å²) >= 11 is 0. The van der Waals surface area contributed by atoms with Crippen molar-refractivity contribution in [2.45, 2.75) is 32.7 Å². The van der Waals surface area contributed by atoms with Crippen molar-refractivity contribution in [2.75, 3.05) is 20.8 Å². The fourth-order valence-electron chi connectivity index (χ4n) is 4.46. The third-order valence-electron chi connectivity index (χ3n) is 6.06. The lowest BCUT2D eigenvalue weighted by Gasteiger charge is -2.27. The first-order valence-electron chi connectivity index (χ1n) is 11.1. The van der Waals surface area contributed by atoms with Gasteiger partial charge in [0.1, 0.15) is 6.04 Å². The fraction of sp³-hybridized carbons (Fsp3) is 0.346. The van der Waals surface area contributed by atoms with Gasteiger partial charge in [-0.3, -0.25) is 19.3 Å². The number of nitrogens with zero attached hydrogens (tertiary/aromatic N) is 1. The Balaban J connectivity index is 1.71. The van der Waals surface area contributed by atoms with E-state index < -0.39 is 17.9 Å². The molecule has 2 aliphatic rings. The number of carbonyl (C=O) groups is 3. The molecule has 2 aromatic carbocycles. The van der Waals surface area contributed by atoms with Crippen LogP contribution in [0.3, 0.4) is 0 Å². The molecule has 33 heavy (non-hydrogen) atoms. The van der Waals surface area contributed by atoms with Gasteiger partial charge in [-0.25, -0.2) is 0 Å². The lowest BCUT2D eigenvalue weighted by atomic mass is 9.93. The number of imide groups is 1. The zero-order valence-electron chi connectivity index (χ0n) is 19.3. The standard InChI is InChI=1S/C26H28N2O5/c1-15(2)11-21(28-25(30)17-7-5-6-8-18(17)26(28)31)22(29)14-20-19-13-24(33-4)23(32-3)12-16(19)9-10-27-20/h5-8,12-15,21,27H,9-11H2,1-4H3. The van der Waals surface area contributed by atoms with E-state index in [-0.39, 0.29) is 11.7 Å². The van der Waals surface area contributed by atoms with Crippen LogP contribution in [0.15, 0.2) is 42.5 Å². The summed E-state index contributed by atoms with van der Waals surface area (Å²) in [5.41, 5.74) is 3.21. The van der Waals surface area contributed by atoms with Crippen molar-refractivity contribution >= 4 is 23.3 Å². The van der Waals surface area contributed by atoms with Crippen molar-refractivity contribution in [2.24, 2.45) is 5.92 Å². The van der Waals surface area contributed by atoms with Gasteiger partial charge >= 0.3 is 0 Å². The number of carbonyl (C=O) groups excluding carboxylic acids is 3. The van der Waals surface area contributed by atoms with Crippen LogP contribution in [-0.4, -0.2) is 49.3 Å². The Morgan fingerprint density at radius 1 is 1.03 bits per heavy atom. The van der Waals surface area contributed by atoms with E-state index in [2.05, 4.69) is 5.32 Å². The first-order chi connectivity index (χ1) is 15.8. The number of benzene rings is 2. The van der Waals surface area contributed by atoms with Crippen LogP contribution in [0.5, 0.6) is 11.5 Å². The maximum atomic E-state index is 13.5. The van der Waals surface area contributed by atoms with Gasteiger partial charge in [0.25, 0.3) is 11.8 Å². The fourth-order valence-corrected chi connectivity index (χ4v) is 4.46. The van der Waals surface area contributed by atoms with Crippen molar-refractivity contribution in [3.8, 4) is 11.5 Å². The highest BCUT2D eigenvalue weighted by atomic mass is 16.5. The van der Waals surface area contributed by atoms with E-state index in [1.54, 1.807) is 38.5 Å². The highest BCUT2D eigenvalue weighted by molar-refractivity contribution is 6.23. The number of fused-ring (bicyclic) bond motifs is 2. The lowest BCUT2D eigenvalue weighted by molar-refractivity contribution is -0.118. The van der Waals surface area contributed by atoms with E-state index in [1.165, 1.54) is 6.08 Å². The molecular weight excluding hydrogens is 420 g/mol. The Hall–Kier alpha value is -3.61. The smallest absolute Gasteiger partial charge is 0.262 e. The SMILES string of the molecule is COc1cc2c(cc1OC)C(=CC(=O)C(CC(C)C)N1C(=O)c3ccccc3C1=O)NCC2. The summed E-state index contributed by atoms with van der Waals surface area (Å²) in [6, 6.07) is 9.59. The van der Waals surface area contributed by atoms with Crippen molar-refractivity contribution in [1.29, 1.82) is 0 Å². The van der Waals surface area contributed by atoms with Gasteiger partial charge in [0, 0.05) is 23.9 Å². The molecule has 4 rings (SSSR count). The maximum Gasteiger partial charge on any atom is 0.262 e. The molecule has 2 aliphatic heterocycles. The van der Waals surface area contributed by atoms with Gasteiger partial charge in [0.2, 0.25) is 0 Å². The van der Waals surface area contributed by atoms with Crippen LogP contribution in [-0.2, 0) is 11.2 Å². The predicted molar refractivity (Wildman–Crippen MR) is 124 cm³/mol. The normalized spacial score (nSPS) is 17.0. The van der Waals surface area contributed by atoms with Crippen LogP contribution in [0, 0.1) is 5.92 Å². The zero-order valence-corrected chi connectivity index (χ0v) is 19.3. The summed E-state index contributed by atoms with van der Waals surface area (Å²) in [5, 5.41) is 3.29. The molecular formula is C26H28N2O5. The summed E-state index contributed by atoms with van der Waals surface area (Å²) in [7, 11) is 3.15. The Labute approximate surface area is 193 Å². The zero-order chi connectivity index (χ0) is 23.7. The van der Waals surface area contributed by atoms with Gasteiger partial charge in [-0.2, -0.15) is 0 Å². The highest BCUT2D eigenvalue weighted by Gasteiger charge is 2.42. The number of methoxy groups -OCH3 is 2. The summed E-state index contributed by atoms with van der Waals surface area (Å²) in [5.74, 6) is 0.179. The molecule has 7 heteroatoms. The lowest BCUT2D eigenvalue weighted by Crippen LogP contribution is -2.45. The molecule has 0 spiro atoms. The summed E-state index contributed by atoms with van der Waals surface area (Å²) < 4.78 is 10.8. The molecule has 172 valence electrons. The maximum absolute atomic E-state index is 13.5. The number of rotatable bonds is 7. The Kier molecular flexibility index (Phi) is 6.22. The molecule has 2 heterocycles. The average Bonchev–Trinajstić information content (AvgIpc) is 3.06. The minimum atomic E-state index is -0.878. The van der Waals surface area contributed by atoms with E-state index in [1.807, 2.05) is 26.0 Å². The van der Waals surface area contributed by atoms with E-state index in [4.69, 9.17) is 9.47 Å². The largest absolute Gasteiger partial charge is 0.493 e. The van der Waals surface area contributed by atoms with Gasteiger partial charge in [-0.15, -0.1) is 0 Å². The molecule has 1 N–H and O–H groups in total. The third-order valence-corrected chi connectivity index (χ3v) is 6.06. The second-order valence-corrected chi connectivity index (χ2v) is 8.67. The molecule has 0 fully saturated rings. The minimum Gasteiger partial charge on any atom is -0.493 e. The summed E-state index contributed by atoms with van der Waals surface area (Å²) in [6.45, 7) is 4.59. The van der Waals surface area contributed by atoms with Gasteiger partial charge in [0.15, 0.2) is 17.3 Å². The van der Waals surface area contributed by atoms with Gasteiger partial charge in [-0.1, -0.05) is 26.0 Å². The van der Waals surface area contributed by atoms with E-state index >= 15 is 0 Å². The van der Waals surface area contributed by atoms with Crippen LogP contribution in [0.4, 0.5) is 0 Å². The molecule has 7 nitrogen and oxygen atoms in total. The molecule has 0 bridgehead atoms. The summed E-state index contributed by atoms with van der Waals surface area (Å²) in [6.07, 6.45) is 2.67. The monoisotopic (exact) mass is 448 g/mol. The number of amides is 2. The van der Waals surface area contributed by atoms with Crippen molar-refractivity contribution in [3.63, 3.8) is 0 Å². The van der Waals surface area contributed by atoms with Gasteiger partial charge < -0.3 is 14.8 Å². The number of ketones is 1. The quantitative estimate of drug-likeness (QED) is 0.516. The number of hydrogen-bond acceptors (Lipinski definition) is 6. The van der Waals surface area contributed by atoms with Crippen LogP contribution in [0.1, 0.15) is 52.1 Å². The molecule has 1 atom stereocenters. The van der Waals surface area contributed by atoms with Crippen LogP contribution in [0.25, 0.3) is 5.70 Å². The third kappa shape index (κ3) is 4.11. The molecule has 0 saturated carbocycles. The molecule has 0 radical (unpaired) electrons. The number of ether oxygens (including phenoxy) is 2. The van der Waals surface area contributed by atoms with Crippen molar-refractivity contribution in [3.05, 3.63) is 64.7 Å². The van der Waals surface area contributed by atoms with E-state index in [0.717, 1.165) is 22.4 Å². The first-order valence-corrected chi connectivity index (χ1v) is 11.1. The second kappa shape index (κ2) is 9.10. The predicted octanol–water partition coefficient (Wildman–Crippen LogP) is 3.47. The molecule has 2 aromatic rings. The van der Waals surface area contributed by atoms with Crippen LogP contribution in [0.2, 0.25) is 0 Å². The molecule has 0 aromatic heterocycles. The topological polar surface area (TPSA) is 84.9 Å². The first kappa shape index (κ1) is 22.6. The highest BCUT2D eigenvalue weighted by Crippen LogP contribution is 2.35. The second-order valence-electron chi connectivity index (χ2n) is 8.67. The molecule has 0 aliphatic carbocycles. The van der Waals surface area contributed by atoms with Crippen molar-refractivity contribution in [1.82, 2.24) is 10.2 Å². The van der Waals surface area contributed by atoms with Crippen LogP contribution < -0.4 is 14.8 Å². The molecule has 1 unspecified atom stereocenters. The number of nitrogens with one attached hydrogen (secondary N) is 1. The average molecular weight is 449 g/mol. The van der Waals surface area contributed by atoms with E-state index in [0.29, 0.717) is 41.3 Å². The van der Waals surface area contributed by atoms with E-state index in [9.17, 15) is 14.4 Å². The minimum absolute atomic E-state index is 0.109. The number of hydrogen-bond donors (Lipinski definition) is 1. The Bertz CT molecular complexity index is 1120. The van der Waals surface area contributed by atoms with Crippen LogP contribution >= 0.6 is 0 Å². The van der Waals surface area contributed by atoms with Gasteiger partial charge in [0.05, 0.1) is 25.3 Å². The molecule has 2 amide bonds. The van der Waals surface area contributed by atoms with Gasteiger partial charge in [-0.05, 0) is 48.6 Å².